The molecule has 0 radical (unpaired) electrons. The van der Waals surface area contributed by atoms with Crippen LogP contribution >= 0.6 is 0 Å². The molecule has 2 aromatic rings. The van der Waals surface area contributed by atoms with Gasteiger partial charge in [0, 0.05) is 30.8 Å². The maximum atomic E-state index is 12.2. The summed E-state index contributed by atoms with van der Waals surface area (Å²) in [6.07, 6.45) is -0.137. The molecule has 26 heavy (non-hydrogen) atoms. The molecule has 3 rings (SSSR count). The van der Waals surface area contributed by atoms with E-state index in [1.54, 1.807) is 31.2 Å². The van der Waals surface area contributed by atoms with Crippen molar-refractivity contribution >= 4 is 32.5 Å². The van der Waals surface area contributed by atoms with Gasteiger partial charge in [-0.3, -0.25) is 9.59 Å². The van der Waals surface area contributed by atoms with Gasteiger partial charge in [-0.25, -0.2) is 8.42 Å². The highest BCUT2D eigenvalue weighted by molar-refractivity contribution is 7.89. The number of benzene rings is 1. The Balaban J connectivity index is 1.63. The third kappa shape index (κ3) is 4.29. The molecule has 1 fully saturated rings. The first-order valence-electron chi connectivity index (χ1n) is 8.34. The average molecular weight is 379 g/mol. The van der Waals surface area contributed by atoms with Crippen LogP contribution in [0.4, 0.5) is 5.69 Å². The second-order valence-corrected chi connectivity index (χ2v) is 8.30. The van der Waals surface area contributed by atoms with Crippen molar-refractivity contribution in [3.63, 3.8) is 0 Å². The number of carbonyl (C=O) groups is 1. The first-order valence-corrected chi connectivity index (χ1v) is 9.95. The van der Waals surface area contributed by atoms with E-state index in [0.717, 1.165) is 5.39 Å². The lowest BCUT2D eigenvalue weighted by atomic mass is 10.1. The minimum atomic E-state index is -3.47. The first kappa shape index (κ1) is 18.6. The number of aromatic nitrogens is 1. The summed E-state index contributed by atoms with van der Waals surface area (Å²) in [5.41, 5.74) is 1.55. The number of hydrogen-bond donors (Lipinski definition) is 2. The lowest BCUT2D eigenvalue weighted by molar-refractivity contribution is -0.115. The lowest BCUT2D eigenvalue weighted by Crippen LogP contribution is -2.42. The molecule has 0 saturated carbocycles. The number of carbonyl (C=O) groups excluding carboxylic acids is 1. The van der Waals surface area contributed by atoms with Crippen LogP contribution in [0, 0.1) is 6.92 Å². The van der Waals surface area contributed by atoms with E-state index in [0.29, 0.717) is 43.1 Å². The molecular weight excluding hydrogens is 358 g/mol. The number of sulfonamides is 1. The zero-order chi connectivity index (χ0) is 18.7. The van der Waals surface area contributed by atoms with Crippen molar-refractivity contribution in [1.29, 1.82) is 0 Å². The van der Waals surface area contributed by atoms with Gasteiger partial charge in [-0.05, 0) is 30.5 Å². The molecule has 0 aliphatic carbocycles. The van der Waals surface area contributed by atoms with Gasteiger partial charge in [-0.2, -0.15) is 4.31 Å². The van der Waals surface area contributed by atoms with Gasteiger partial charge in [-0.15, -0.1) is 0 Å². The molecule has 0 spiro atoms. The number of anilines is 1. The fraction of sp³-hybridized carbons (Fsp3) is 0.412. The van der Waals surface area contributed by atoms with E-state index in [1.807, 2.05) is 0 Å². The summed E-state index contributed by atoms with van der Waals surface area (Å²) < 4.78 is 31.0. The largest absolute Gasteiger partial charge is 0.379 e. The zero-order valence-electron chi connectivity index (χ0n) is 14.4. The van der Waals surface area contributed by atoms with Crippen molar-refractivity contribution in [2.45, 2.75) is 13.3 Å². The molecule has 0 unspecified atom stereocenters. The van der Waals surface area contributed by atoms with Crippen molar-refractivity contribution in [2.24, 2.45) is 0 Å². The predicted molar refractivity (Wildman–Crippen MR) is 98.7 cm³/mol. The number of ether oxygens (including phenoxy) is 1. The van der Waals surface area contributed by atoms with Crippen LogP contribution in [0.2, 0.25) is 0 Å². The number of rotatable bonds is 5. The standard InChI is InChI=1S/C17H21N3O5S/c1-12-10-13-2-3-14(11-15(13)19-17(12)22)18-16(21)4-9-26(23,24)20-5-7-25-8-6-20/h2-3,10-11H,4-9H2,1H3,(H,18,21)(H,19,22). The third-order valence-corrected chi connectivity index (χ3v) is 6.14. The number of aryl methyl sites for hydroxylation is 1. The zero-order valence-corrected chi connectivity index (χ0v) is 15.3. The van der Waals surface area contributed by atoms with Crippen molar-refractivity contribution in [1.82, 2.24) is 9.29 Å². The van der Waals surface area contributed by atoms with Gasteiger partial charge in [-0.1, -0.05) is 6.07 Å². The van der Waals surface area contributed by atoms with E-state index in [2.05, 4.69) is 10.3 Å². The number of pyridine rings is 1. The molecule has 8 nitrogen and oxygen atoms in total. The molecule has 1 amide bonds. The number of hydrogen-bond acceptors (Lipinski definition) is 5. The first-order chi connectivity index (χ1) is 12.3. The topological polar surface area (TPSA) is 109 Å². The predicted octanol–water partition coefficient (Wildman–Crippen LogP) is 0.827. The van der Waals surface area contributed by atoms with Gasteiger partial charge in [0.15, 0.2) is 0 Å². The van der Waals surface area contributed by atoms with Crippen molar-refractivity contribution in [2.75, 3.05) is 37.4 Å². The molecule has 1 saturated heterocycles. The summed E-state index contributed by atoms with van der Waals surface area (Å²) in [6, 6.07) is 6.94. The maximum absolute atomic E-state index is 12.2. The highest BCUT2D eigenvalue weighted by Gasteiger charge is 2.24. The number of nitrogens with one attached hydrogen (secondary N) is 2. The molecule has 140 valence electrons. The summed E-state index contributed by atoms with van der Waals surface area (Å²) in [4.78, 5) is 26.6. The molecule has 1 aromatic carbocycles. The van der Waals surface area contributed by atoms with Gasteiger partial charge >= 0.3 is 0 Å². The Kier molecular flexibility index (Phi) is 5.40. The second-order valence-electron chi connectivity index (χ2n) is 6.21. The Bertz CT molecular complexity index is 978. The molecule has 2 heterocycles. The number of amides is 1. The van der Waals surface area contributed by atoms with Crippen LogP contribution in [-0.4, -0.2) is 55.7 Å². The van der Waals surface area contributed by atoms with Gasteiger partial charge < -0.3 is 15.0 Å². The number of morpholine rings is 1. The fourth-order valence-electron chi connectivity index (χ4n) is 2.79. The average Bonchev–Trinajstić information content (AvgIpc) is 2.62. The Labute approximate surface area is 151 Å². The Morgan fingerprint density at radius 3 is 2.73 bits per heavy atom. The van der Waals surface area contributed by atoms with E-state index in [-0.39, 0.29) is 17.7 Å². The molecule has 1 aromatic heterocycles. The van der Waals surface area contributed by atoms with E-state index in [4.69, 9.17) is 4.74 Å². The normalized spacial score (nSPS) is 15.9. The molecule has 1 aliphatic heterocycles. The molecular formula is C17H21N3O5S. The van der Waals surface area contributed by atoms with Crippen LogP contribution < -0.4 is 10.9 Å². The van der Waals surface area contributed by atoms with Crippen LogP contribution in [0.15, 0.2) is 29.1 Å². The Morgan fingerprint density at radius 2 is 2.00 bits per heavy atom. The highest BCUT2D eigenvalue weighted by atomic mass is 32.2. The quantitative estimate of drug-likeness (QED) is 0.800. The summed E-state index contributed by atoms with van der Waals surface area (Å²) in [5, 5.41) is 3.53. The van der Waals surface area contributed by atoms with Crippen LogP contribution in [-0.2, 0) is 19.6 Å². The molecule has 9 heteroatoms. The van der Waals surface area contributed by atoms with E-state index >= 15 is 0 Å². The smallest absolute Gasteiger partial charge is 0.251 e. The highest BCUT2D eigenvalue weighted by Crippen LogP contribution is 2.17. The molecule has 2 N–H and O–H groups in total. The summed E-state index contributed by atoms with van der Waals surface area (Å²) >= 11 is 0. The fourth-order valence-corrected chi connectivity index (χ4v) is 4.19. The van der Waals surface area contributed by atoms with Crippen LogP contribution in [0.25, 0.3) is 10.9 Å². The maximum Gasteiger partial charge on any atom is 0.251 e. The molecule has 0 atom stereocenters. The summed E-state index contributed by atoms with van der Waals surface area (Å²) in [5.74, 6) is -0.641. The van der Waals surface area contributed by atoms with E-state index < -0.39 is 15.9 Å². The second kappa shape index (κ2) is 7.56. The van der Waals surface area contributed by atoms with Crippen LogP contribution in [0.1, 0.15) is 12.0 Å². The third-order valence-electron chi connectivity index (χ3n) is 4.27. The minimum absolute atomic E-state index is 0.137. The Hall–Kier alpha value is -2.23. The minimum Gasteiger partial charge on any atom is -0.379 e. The number of fused-ring (bicyclic) bond motifs is 1. The molecule has 0 bridgehead atoms. The summed E-state index contributed by atoms with van der Waals surface area (Å²) in [6.45, 7) is 3.12. The monoisotopic (exact) mass is 379 g/mol. The van der Waals surface area contributed by atoms with Crippen molar-refractivity contribution in [3.8, 4) is 0 Å². The lowest BCUT2D eigenvalue weighted by Gasteiger charge is -2.25. The van der Waals surface area contributed by atoms with Gasteiger partial charge in [0.1, 0.15) is 0 Å². The van der Waals surface area contributed by atoms with Crippen LogP contribution in [0.5, 0.6) is 0 Å². The van der Waals surface area contributed by atoms with Gasteiger partial charge in [0.25, 0.3) is 5.56 Å². The van der Waals surface area contributed by atoms with E-state index in [1.165, 1.54) is 4.31 Å². The number of nitrogens with zero attached hydrogens (tertiary/aromatic N) is 1. The van der Waals surface area contributed by atoms with Crippen molar-refractivity contribution in [3.05, 3.63) is 40.2 Å². The molecule has 1 aliphatic rings. The number of H-pyrrole nitrogens is 1. The van der Waals surface area contributed by atoms with Crippen molar-refractivity contribution < 1.29 is 17.9 Å². The SMILES string of the molecule is Cc1cc2ccc(NC(=O)CCS(=O)(=O)N3CCOCC3)cc2[nH]c1=O. The van der Waals surface area contributed by atoms with Gasteiger partial charge in [0.05, 0.1) is 24.5 Å². The van der Waals surface area contributed by atoms with E-state index in [9.17, 15) is 18.0 Å². The summed E-state index contributed by atoms with van der Waals surface area (Å²) in [7, 11) is -3.47. The number of aromatic amines is 1. The van der Waals surface area contributed by atoms with Gasteiger partial charge in [0.2, 0.25) is 15.9 Å². The van der Waals surface area contributed by atoms with Crippen LogP contribution in [0.3, 0.4) is 0 Å². The Morgan fingerprint density at radius 1 is 1.27 bits per heavy atom.